The van der Waals surface area contributed by atoms with Gasteiger partial charge in [-0.25, -0.2) is 0 Å². The number of anilines is 1. The summed E-state index contributed by atoms with van der Waals surface area (Å²) in [5.74, 6) is -0.0719. The average Bonchev–Trinajstić information content (AvgIpc) is 3.07. The number of carbonyl (C=O) groups is 1. The molecule has 1 aromatic heterocycles. The van der Waals surface area contributed by atoms with Crippen molar-refractivity contribution in [2.45, 2.75) is 20.0 Å². The van der Waals surface area contributed by atoms with Crippen LogP contribution in [0.25, 0.3) is 11.3 Å². The molecule has 1 N–H and O–H groups in total. The lowest BCUT2D eigenvalue weighted by Crippen LogP contribution is -2.12. The van der Waals surface area contributed by atoms with E-state index < -0.39 is 17.6 Å². The number of rotatable bonds is 3. The van der Waals surface area contributed by atoms with Crippen LogP contribution in [0.4, 0.5) is 18.9 Å². The molecule has 26 heavy (non-hydrogen) atoms. The fourth-order valence-corrected chi connectivity index (χ4v) is 2.48. The molecule has 3 rings (SSSR count). The second-order valence-electron chi connectivity index (χ2n) is 6.00. The molecule has 0 bridgehead atoms. The maximum atomic E-state index is 12.7. The summed E-state index contributed by atoms with van der Waals surface area (Å²) in [5, 5.41) is 2.42. The number of hydrogen-bond donors (Lipinski definition) is 1. The number of aryl methyl sites for hydroxylation is 2. The summed E-state index contributed by atoms with van der Waals surface area (Å²) in [6.07, 6.45) is -4.47. The number of halogens is 3. The van der Waals surface area contributed by atoms with Crippen LogP contribution in [0.15, 0.2) is 59.0 Å². The first-order valence-electron chi connectivity index (χ1n) is 7.90. The minimum absolute atomic E-state index is 0.0237. The Bertz CT molecular complexity index is 958. The van der Waals surface area contributed by atoms with E-state index in [2.05, 4.69) is 5.32 Å². The number of amides is 1. The van der Waals surface area contributed by atoms with E-state index in [4.69, 9.17) is 4.42 Å². The highest BCUT2D eigenvalue weighted by molar-refractivity contribution is 6.02. The maximum Gasteiger partial charge on any atom is 0.416 e. The molecule has 0 aliphatic heterocycles. The Kier molecular flexibility index (Phi) is 4.59. The fourth-order valence-electron chi connectivity index (χ4n) is 2.48. The number of alkyl halides is 3. The van der Waals surface area contributed by atoms with E-state index in [0.29, 0.717) is 5.76 Å². The molecule has 3 nitrogen and oxygen atoms in total. The monoisotopic (exact) mass is 359 g/mol. The molecule has 6 heteroatoms. The Hall–Kier alpha value is -3.02. The van der Waals surface area contributed by atoms with Gasteiger partial charge >= 0.3 is 6.18 Å². The Labute approximate surface area is 148 Å². The quantitative estimate of drug-likeness (QED) is 0.639. The first kappa shape index (κ1) is 17.8. The first-order valence-corrected chi connectivity index (χ1v) is 7.90. The highest BCUT2D eigenvalue weighted by atomic mass is 19.4. The number of carbonyl (C=O) groups excluding carboxylic acids is 1. The zero-order valence-corrected chi connectivity index (χ0v) is 14.1. The fraction of sp³-hybridized carbons (Fsp3) is 0.150. The summed E-state index contributed by atoms with van der Waals surface area (Å²) in [6, 6.07) is 13.4. The van der Waals surface area contributed by atoms with Crippen molar-refractivity contribution in [2.75, 3.05) is 5.32 Å². The van der Waals surface area contributed by atoms with E-state index in [-0.39, 0.29) is 11.4 Å². The van der Waals surface area contributed by atoms with Crippen LogP contribution in [0.2, 0.25) is 0 Å². The molecule has 0 aliphatic carbocycles. The SMILES string of the molecule is Cc1ccc(-c2ccc(C(=O)Nc3cccc(C(F)(F)F)c3)o2)cc1C. The van der Waals surface area contributed by atoms with Gasteiger partial charge in [0.2, 0.25) is 0 Å². The summed E-state index contributed by atoms with van der Waals surface area (Å²) >= 11 is 0. The largest absolute Gasteiger partial charge is 0.451 e. The van der Waals surface area contributed by atoms with Crippen LogP contribution >= 0.6 is 0 Å². The van der Waals surface area contributed by atoms with Crippen LogP contribution in [0.5, 0.6) is 0 Å². The van der Waals surface area contributed by atoms with Crippen molar-refractivity contribution in [1.29, 1.82) is 0 Å². The minimum atomic E-state index is -4.47. The van der Waals surface area contributed by atoms with E-state index in [1.54, 1.807) is 6.07 Å². The first-order chi connectivity index (χ1) is 12.2. The van der Waals surface area contributed by atoms with E-state index >= 15 is 0 Å². The Morgan fingerprint density at radius 1 is 0.962 bits per heavy atom. The highest BCUT2D eigenvalue weighted by Gasteiger charge is 2.30. The van der Waals surface area contributed by atoms with Crippen LogP contribution < -0.4 is 5.32 Å². The maximum absolute atomic E-state index is 12.7. The third-order valence-electron chi connectivity index (χ3n) is 4.07. The average molecular weight is 359 g/mol. The smallest absolute Gasteiger partial charge is 0.416 e. The summed E-state index contributed by atoms with van der Waals surface area (Å²) in [6.45, 7) is 3.97. The van der Waals surface area contributed by atoms with Gasteiger partial charge in [0.05, 0.1) is 5.56 Å². The second kappa shape index (κ2) is 6.71. The molecule has 1 heterocycles. The summed E-state index contributed by atoms with van der Waals surface area (Å²) in [5.41, 5.74) is 2.28. The third kappa shape index (κ3) is 3.79. The summed E-state index contributed by atoms with van der Waals surface area (Å²) in [7, 11) is 0. The van der Waals surface area contributed by atoms with Gasteiger partial charge in [0.25, 0.3) is 5.91 Å². The van der Waals surface area contributed by atoms with Crippen LogP contribution in [-0.2, 0) is 6.18 Å². The Morgan fingerprint density at radius 2 is 1.73 bits per heavy atom. The summed E-state index contributed by atoms with van der Waals surface area (Å²) < 4.78 is 43.8. The van der Waals surface area contributed by atoms with Gasteiger partial charge in [-0.15, -0.1) is 0 Å². The van der Waals surface area contributed by atoms with Crippen molar-refractivity contribution in [1.82, 2.24) is 0 Å². The lowest BCUT2D eigenvalue weighted by Gasteiger charge is -2.09. The number of nitrogens with one attached hydrogen (secondary N) is 1. The van der Waals surface area contributed by atoms with Crippen LogP contribution in [0.1, 0.15) is 27.2 Å². The number of hydrogen-bond acceptors (Lipinski definition) is 2. The molecule has 2 aromatic carbocycles. The summed E-state index contributed by atoms with van der Waals surface area (Å²) in [4.78, 5) is 12.3. The highest BCUT2D eigenvalue weighted by Crippen LogP contribution is 2.31. The Balaban J connectivity index is 1.79. The predicted molar refractivity (Wildman–Crippen MR) is 93.0 cm³/mol. The molecule has 0 aliphatic rings. The molecular formula is C20H16F3NO2. The standard InChI is InChI=1S/C20H16F3NO2/c1-12-6-7-14(10-13(12)2)17-8-9-18(26-17)19(25)24-16-5-3-4-15(11-16)20(21,22)23/h3-11H,1-2H3,(H,24,25). The van der Waals surface area contributed by atoms with Crippen molar-refractivity contribution in [3.63, 3.8) is 0 Å². The molecule has 0 fully saturated rings. The third-order valence-corrected chi connectivity index (χ3v) is 4.07. The topological polar surface area (TPSA) is 42.2 Å². The van der Waals surface area contributed by atoms with Crippen molar-refractivity contribution in [3.8, 4) is 11.3 Å². The molecule has 0 saturated carbocycles. The second-order valence-corrected chi connectivity index (χ2v) is 6.00. The molecule has 0 saturated heterocycles. The zero-order chi connectivity index (χ0) is 18.9. The molecule has 3 aromatic rings. The van der Waals surface area contributed by atoms with Gasteiger partial charge in [-0.05, 0) is 61.4 Å². The van der Waals surface area contributed by atoms with Crippen molar-refractivity contribution >= 4 is 11.6 Å². The lowest BCUT2D eigenvalue weighted by molar-refractivity contribution is -0.137. The van der Waals surface area contributed by atoms with Gasteiger partial charge in [-0.2, -0.15) is 13.2 Å². The van der Waals surface area contributed by atoms with E-state index in [1.165, 1.54) is 18.2 Å². The number of furan rings is 1. The minimum Gasteiger partial charge on any atom is -0.451 e. The molecule has 0 atom stereocenters. The molecular weight excluding hydrogens is 343 g/mol. The molecule has 0 radical (unpaired) electrons. The molecule has 1 amide bonds. The Morgan fingerprint density at radius 3 is 2.42 bits per heavy atom. The molecule has 134 valence electrons. The van der Waals surface area contributed by atoms with E-state index in [0.717, 1.165) is 28.8 Å². The van der Waals surface area contributed by atoms with E-state index in [9.17, 15) is 18.0 Å². The number of benzene rings is 2. The molecule has 0 spiro atoms. The van der Waals surface area contributed by atoms with Gasteiger partial charge in [0, 0.05) is 11.3 Å². The van der Waals surface area contributed by atoms with Crippen molar-refractivity contribution in [3.05, 3.63) is 77.0 Å². The molecule has 0 unspecified atom stereocenters. The zero-order valence-electron chi connectivity index (χ0n) is 14.1. The van der Waals surface area contributed by atoms with Gasteiger partial charge in [-0.1, -0.05) is 18.2 Å². The lowest BCUT2D eigenvalue weighted by atomic mass is 10.1. The predicted octanol–water partition coefficient (Wildman–Crippen LogP) is 5.83. The normalized spacial score (nSPS) is 11.4. The van der Waals surface area contributed by atoms with E-state index in [1.807, 2.05) is 32.0 Å². The van der Waals surface area contributed by atoms with Gasteiger partial charge in [0.1, 0.15) is 5.76 Å². The van der Waals surface area contributed by atoms with Gasteiger partial charge in [0.15, 0.2) is 5.76 Å². The van der Waals surface area contributed by atoms with Crippen LogP contribution in [0, 0.1) is 13.8 Å². The van der Waals surface area contributed by atoms with Crippen LogP contribution in [0.3, 0.4) is 0 Å². The van der Waals surface area contributed by atoms with Crippen LogP contribution in [-0.4, -0.2) is 5.91 Å². The van der Waals surface area contributed by atoms with Crippen molar-refractivity contribution in [2.24, 2.45) is 0 Å². The van der Waals surface area contributed by atoms with Crippen molar-refractivity contribution < 1.29 is 22.4 Å². The van der Waals surface area contributed by atoms with Gasteiger partial charge < -0.3 is 9.73 Å². The van der Waals surface area contributed by atoms with Gasteiger partial charge in [-0.3, -0.25) is 4.79 Å².